The van der Waals surface area contributed by atoms with Crippen LogP contribution in [-0.4, -0.2) is 62.6 Å². The Hall–Kier alpha value is -2.17. The molecule has 2 amide bonds. The van der Waals surface area contributed by atoms with E-state index in [1.165, 1.54) is 6.07 Å². The summed E-state index contributed by atoms with van der Waals surface area (Å²) in [5.74, 6) is -0.0382. The molecule has 0 radical (unpaired) electrons. The second-order valence-electron chi connectivity index (χ2n) is 9.66. The van der Waals surface area contributed by atoms with Crippen LogP contribution in [0.2, 0.25) is 0 Å². The van der Waals surface area contributed by atoms with E-state index in [2.05, 4.69) is 10.2 Å². The second-order valence-corrected chi connectivity index (χ2v) is 11.2. The highest BCUT2D eigenvalue weighted by Crippen LogP contribution is 2.34. The molecule has 10 heteroatoms. The SMILES string of the molecule is CC1Cc2cc(S(N)(=O)=O)ccc2N1C(=O)CN1CCCCC1CNC(=O)OC(C)(C)C. The number of nitrogens with zero attached hydrogens (tertiary/aromatic N) is 2. The Labute approximate surface area is 190 Å². The molecule has 2 heterocycles. The predicted molar refractivity (Wildman–Crippen MR) is 122 cm³/mol. The molecule has 1 fully saturated rings. The van der Waals surface area contributed by atoms with Crippen molar-refractivity contribution < 1.29 is 22.7 Å². The first-order valence-electron chi connectivity index (χ1n) is 11.0. The molecule has 178 valence electrons. The van der Waals surface area contributed by atoms with Gasteiger partial charge in [0.05, 0.1) is 11.4 Å². The molecule has 0 saturated carbocycles. The number of fused-ring (bicyclic) bond motifs is 1. The number of rotatable bonds is 5. The van der Waals surface area contributed by atoms with Crippen LogP contribution < -0.4 is 15.4 Å². The zero-order valence-corrected chi connectivity index (χ0v) is 20.1. The molecule has 2 atom stereocenters. The van der Waals surface area contributed by atoms with Crippen LogP contribution in [0, 0.1) is 0 Å². The van der Waals surface area contributed by atoms with Crippen molar-refractivity contribution in [1.29, 1.82) is 0 Å². The quantitative estimate of drug-likeness (QED) is 0.684. The summed E-state index contributed by atoms with van der Waals surface area (Å²) in [4.78, 5) is 29.2. The van der Waals surface area contributed by atoms with Gasteiger partial charge in [-0.25, -0.2) is 18.4 Å². The minimum atomic E-state index is -3.79. The van der Waals surface area contributed by atoms with Crippen molar-refractivity contribution in [2.24, 2.45) is 5.14 Å². The van der Waals surface area contributed by atoms with Crippen LogP contribution in [0.1, 0.15) is 52.5 Å². The molecule has 2 aliphatic rings. The van der Waals surface area contributed by atoms with E-state index >= 15 is 0 Å². The number of primary sulfonamides is 1. The topological polar surface area (TPSA) is 122 Å². The first kappa shape index (κ1) is 24.5. The van der Waals surface area contributed by atoms with Gasteiger partial charge in [0, 0.05) is 24.3 Å². The second kappa shape index (κ2) is 9.36. The molecule has 0 spiro atoms. The van der Waals surface area contributed by atoms with Crippen molar-refractivity contribution in [1.82, 2.24) is 10.2 Å². The average Bonchev–Trinajstić information content (AvgIpc) is 3.00. The number of benzene rings is 1. The van der Waals surface area contributed by atoms with Crippen molar-refractivity contribution in [3.8, 4) is 0 Å². The van der Waals surface area contributed by atoms with E-state index in [0.29, 0.717) is 13.0 Å². The summed E-state index contributed by atoms with van der Waals surface area (Å²) in [6.07, 6.45) is 3.06. The van der Waals surface area contributed by atoms with Gasteiger partial charge in [-0.3, -0.25) is 9.69 Å². The Morgan fingerprint density at radius 3 is 2.62 bits per heavy atom. The zero-order chi connectivity index (χ0) is 23.7. The van der Waals surface area contributed by atoms with E-state index in [9.17, 15) is 18.0 Å². The van der Waals surface area contributed by atoms with Gasteiger partial charge in [0.1, 0.15) is 5.60 Å². The third kappa shape index (κ3) is 5.99. The van der Waals surface area contributed by atoms with Gasteiger partial charge >= 0.3 is 6.09 Å². The van der Waals surface area contributed by atoms with Crippen LogP contribution in [0.4, 0.5) is 10.5 Å². The minimum Gasteiger partial charge on any atom is -0.444 e. The third-order valence-electron chi connectivity index (χ3n) is 5.83. The number of carbonyl (C=O) groups is 2. The maximum atomic E-state index is 13.3. The van der Waals surface area contributed by atoms with Crippen LogP contribution in [0.15, 0.2) is 23.1 Å². The maximum absolute atomic E-state index is 13.3. The summed E-state index contributed by atoms with van der Waals surface area (Å²) in [6, 6.07) is 4.65. The minimum absolute atomic E-state index is 0.0382. The fourth-order valence-electron chi connectivity index (χ4n) is 4.43. The number of nitrogens with one attached hydrogen (secondary N) is 1. The molecular weight excluding hydrogens is 432 g/mol. The Morgan fingerprint density at radius 1 is 1.25 bits per heavy atom. The fourth-order valence-corrected chi connectivity index (χ4v) is 4.99. The summed E-state index contributed by atoms with van der Waals surface area (Å²) in [6.45, 7) is 8.85. The van der Waals surface area contributed by atoms with Crippen LogP contribution in [0.3, 0.4) is 0 Å². The van der Waals surface area contributed by atoms with Gasteiger partial charge in [0.15, 0.2) is 0 Å². The van der Waals surface area contributed by atoms with E-state index in [1.54, 1.807) is 17.0 Å². The molecule has 0 aromatic heterocycles. The maximum Gasteiger partial charge on any atom is 0.407 e. The normalized spacial score (nSPS) is 21.8. The average molecular weight is 467 g/mol. The molecule has 1 saturated heterocycles. The summed E-state index contributed by atoms with van der Waals surface area (Å²) in [5, 5.41) is 8.08. The molecule has 0 aliphatic carbocycles. The van der Waals surface area contributed by atoms with Crippen LogP contribution in [-0.2, 0) is 26.0 Å². The smallest absolute Gasteiger partial charge is 0.407 e. The molecule has 1 aromatic carbocycles. The summed E-state index contributed by atoms with van der Waals surface area (Å²) in [5.41, 5.74) is 0.976. The van der Waals surface area contributed by atoms with Crippen molar-refractivity contribution in [3.05, 3.63) is 23.8 Å². The van der Waals surface area contributed by atoms with Crippen LogP contribution >= 0.6 is 0 Å². The lowest BCUT2D eigenvalue weighted by molar-refractivity contribution is -0.120. The van der Waals surface area contributed by atoms with Crippen LogP contribution in [0.5, 0.6) is 0 Å². The fraction of sp³-hybridized carbons (Fsp3) is 0.636. The molecule has 0 bridgehead atoms. The Kier molecular flexibility index (Phi) is 7.16. The van der Waals surface area contributed by atoms with Crippen LogP contribution in [0.25, 0.3) is 0 Å². The standard InChI is InChI=1S/C22H34N4O5S/c1-15-11-16-12-18(32(23,29)30)8-9-19(16)26(15)20(27)14-25-10-6-5-7-17(25)13-24-21(28)31-22(2,3)4/h8-9,12,15,17H,5-7,10-11,13-14H2,1-4H3,(H,24,28)(H2,23,29,30). The van der Waals surface area contributed by atoms with E-state index in [-0.39, 0.29) is 29.4 Å². The van der Waals surface area contributed by atoms with E-state index < -0.39 is 21.7 Å². The van der Waals surface area contributed by atoms with Gasteiger partial charge < -0.3 is 15.0 Å². The van der Waals surface area contributed by atoms with Gasteiger partial charge in [0.2, 0.25) is 15.9 Å². The van der Waals surface area contributed by atoms with Crippen molar-refractivity contribution in [2.75, 3.05) is 24.5 Å². The largest absolute Gasteiger partial charge is 0.444 e. The lowest BCUT2D eigenvalue weighted by Gasteiger charge is -2.36. The molecule has 1 aromatic rings. The van der Waals surface area contributed by atoms with Gasteiger partial charge in [-0.1, -0.05) is 6.42 Å². The molecule has 9 nitrogen and oxygen atoms in total. The first-order valence-corrected chi connectivity index (χ1v) is 12.6. The molecule has 3 N–H and O–H groups in total. The molecule has 32 heavy (non-hydrogen) atoms. The highest BCUT2D eigenvalue weighted by atomic mass is 32.2. The predicted octanol–water partition coefficient (Wildman–Crippen LogP) is 1.99. The van der Waals surface area contributed by atoms with Crippen molar-refractivity contribution in [2.45, 2.75) is 76.0 Å². The Morgan fingerprint density at radius 2 is 1.97 bits per heavy atom. The highest BCUT2D eigenvalue weighted by Gasteiger charge is 2.34. The number of hydrogen-bond acceptors (Lipinski definition) is 6. The molecule has 2 unspecified atom stereocenters. The van der Waals surface area contributed by atoms with E-state index in [4.69, 9.17) is 9.88 Å². The highest BCUT2D eigenvalue weighted by molar-refractivity contribution is 7.89. The lowest BCUT2D eigenvalue weighted by atomic mass is 10.0. The summed E-state index contributed by atoms with van der Waals surface area (Å²) < 4.78 is 28.7. The van der Waals surface area contributed by atoms with Crippen molar-refractivity contribution in [3.63, 3.8) is 0 Å². The number of likely N-dealkylation sites (tertiary alicyclic amines) is 1. The number of anilines is 1. The number of ether oxygens (including phenoxy) is 1. The summed E-state index contributed by atoms with van der Waals surface area (Å²) in [7, 11) is -3.79. The molecule has 2 aliphatic heterocycles. The summed E-state index contributed by atoms with van der Waals surface area (Å²) >= 11 is 0. The van der Waals surface area contributed by atoms with E-state index in [1.807, 2.05) is 27.7 Å². The number of carbonyl (C=O) groups excluding carboxylic acids is 2. The van der Waals surface area contributed by atoms with Gasteiger partial charge in [-0.15, -0.1) is 0 Å². The number of alkyl carbamates (subject to hydrolysis) is 1. The molecule has 3 rings (SSSR count). The van der Waals surface area contributed by atoms with Gasteiger partial charge in [-0.2, -0.15) is 0 Å². The zero-order valence-electron chi connectivity index (χ0n) is 19.3. The van der Waals surface area contributed by atoms with Gasteiger partial charge in [-0.05, 0) is 77.3 Å². The monoisotopic (exact) mass is 466 g/mol. The third-order valence-corrected chi connectivity index (χ3v) is 6.74. The van der Waals surface area contributed by atoms with Crippen molar-refractivity contribution >= 4 is 27.7 Å². The molecular formula is C22H34N4O5S. The number of nitrogens with two attached hydrogens (primary N) is 1. The Bertz CT molecular complexity index is 973. The number of amides is 2. The number of hydrogen-bond donors (Lipinski definition) is 2. The Balaban J connectivity index is 1.67. The number of sulfonamides is 1. The number of piperidine rings is 1. The van der Waals surface area contributed by atoms with E-state index in [0.717, 1.165) is 37.1 Å². The lowest BCUT2D eigenvalue weighted by Crippen LogP contribution is -2.52. The van der Waals surface area contributed by atoms with Gasteiger partial charge in [0.25, 0.3) is 0 Å². The first-order chi connectivity index (χ1) is 14.8.